The van der Waals surface area contributed by atoms with Crippen LogP contribution < -0.4 is 10.2 Å². The topological polar surface area (TPSA) is 48.5 Å². The van der Waals surface area contributed by atoms with E-state index in [1.165, 1.54) is 0 Å². The number of nitrogens with one attached hydrogen (secondary N) is 1. The van der Waals surface area contributed by atoms with Crippen LogP contribution in [-0.2, 0) is 6.42 Å². The van der Waals surface area contributed by atoms with Crippen LogP contribution in [0.15, 0.2) is 42.6 Å². The van der Waals surface area contributed by atoms with Crippen molar-refractivity contribution in [1.29, 1.82) is 0 Å². The van der Waals surface area contributed by atoms with Crippen LogP contribution in [-0.4, -0.2) is 55.6 Å². The first kappa shape index (κ1) is 17.7. The third kappa shape index (κ3) is 4.94. The molecule has 25 heavy (non-hydrogen) atoms. The summed E-state index contributed by atoms with van der Waals surface area (Å²) in [6.45, 7) is 4.47. The van der Waals surface area contributed by atoms with Crippen molar-refractivity contribution >= 4 is 23.3 Å². The van der Waals surface area contributed by atoms with E-state index >= 15 is 0 Å². The fourth-order valence-electron chi connectivity index (χ4n) is 2.88. The molecule has 1 N–H and O–H groups in total. The number of amides is 1. The number of pyridine rings is 1. The maximum Gasteiger partial charge on any atom is 0.251 e. The molecule has 0 aliphatic carbocycles. The van der Waals surface area contributed by atoms with Gasteiger partial charge in [0.2, 0.25) is 0 Å². The summed E-state index contributed by atoms with van der Waals surface area (Å²) in [4.78, 5) is 21.3. The molecule has 2 heterocycles. The summed E-state index contributed by atoms with van der Waals surface area (Å²) in [5.74, 6) is 0.801. The van der Waals surface area contributed by atoms with Crippen LogP contribution in [0.4, 0.5) is 5.82 Å². The van der Waals surface area contributed by atoms with E-state index in [0.29, 0.717) is 12.1 Å². The molecular formula is C19H23ClN4O. The molecule has 3 rings (SSSR count). The van der Waals surface area contributed by atoms with Gasteiger partial charge in [0.15, 0.2) is 0 Å². The summed E-state index contributed by atoms with van der Waals surface area (Å²) in [5.41, 5.74) is 1.76. The molecule has 0 spiro atoms. The first-order chi connectivity index (χ1) is 12.1. The molecule has 2 aromatic rings. The molecule has 1 saturated heterocycles. The lowest BCUT2D eigenvalue weighted by Crippen LogP contribution is -2.44. The maximum atomic E-state index is 12.4. The van der Waals surface area contributed by atoms with Gasteiger partial charge in [-0.05, 0) is 43.3 Å². The Hall–Kier alpha value is -2.11. The molecule has 1 fully saturated rings. The Labute approximate surface area is 153 Å². The van der Waals surface area contributed by atoms with Crippen molar-refractivity contribution < 1.29 is 4.79 Å². The lowest BCUT2D eigenvalue weighted by atomic mass is 10.1. The number of likely N-dealkylation sites (N-methyl/N-ethyl adjacent to an activating group) is 1. The van der Waals surface area contributed by atoms with E-state index in [9.17, 15) is 4.79 Å². The van der Waals surface area contributed by atoms with Gasteiger partial charge in [-0.15, -0.1) is 0 Å². The van der Waals surface area contributed by atoms with Crippen molar-refractivity contribution in [2.45, 2.75) is 6.42 Å². The Kier molecular flexibility index (Phi) is 5.89. The first-order valence-electron chi connectivity index (χ1n) is 8.54. The minimum Gasteiger partial charge on any atom is -0.354 e. The summed E-state index contributed by atoms with van der Waals surface area (Å²) in [5, 5.41) is 3.68. The molecule has 0 radical (unpaired) electrons. The summed E-state index contributed by atoms with van der Waals surface area (Å²) in [7, 11) is 2.12. The molecule has 1 aliphatic heterocycles. The third-order valence-corrected chi connectivity index (χ3v) is 4.66. The number of aromatic nitrogens is 1. The van der Waals surface area contributed by atoms with E-state index in [1.54, 1.807) is 12.3 Å². The number of hydrogen-bond acceptors (Lipinski definition) is 4. The Morgan fingerprint density at radius 1 is 1.20 bits per heavy atom. The number of halogens is 1. The highest BCUT2D eigenvalue weighted by molar-refractivity contribution is 6.30. The second kappa shape index (κ2) is 8.32. The number of piperazine rings is 1. The molecule has 1 amide bonds. The Balaban J connectivity index is 1.56. The van der Waals surface area contributed by atoms with Crippen molar-refractivity contribution in [2.24, 2.45) is 0 Å². The predicted octanol–water partition coefficient (Wildman–Crippen LogP) is 2.46. The van der Waals surface area contributed by atoms with Gasteiger partial charge in [-0.3, -0.25) is 4.79 Å². The summed E-state index contributed by atoms with van der Waals surface area (Å²) < 4.78 is 0. The molecule has 1 aromatic heterocycles. The van der Waals surface area contributed by atoms with Crippen molar-refractivity contribution in [3.05, 3.63) is 58.7 Å². The van der Waals surface area contributed by atoms with Crippen LogP contribution in [0, 0.1) is 0 Å². The lowest BCUT2D eigenvalue weighted by Gasteiger charge is -2.33. The molecule has 1 aliphatic rings. The van der Waals surface area contributed by atoms with Gasteiger partial charge in [0.25, 0.3) is 5.91 Å². The monoisotopic (exact) mass is 358 g/mol. The fourth-order valence-corrected chi connectivity index (χ4v) is 3.10. The average Bonchev–Trinajstić information content (AvgIpc) is 2.62. The number of anilines is 1. The number of rotatable bonds is 5. The minimum absolute atomic E-state index is 0.0696. The summed E-state index contributed by atoms with van der Waals surface area (Å²) >= 11 is 5.98. The fraction of sp³-hybridized carbons (Fsp3) is 0.368. The van der Waals surface area contributed by atoms with Gasteiger partial charge in [0, 0.05) is 49.5 Å². The standard InChI is InChI=1S/C19H23ClN4O/c1-23-9-11-24(12-10-23)18-14-16(6-8-21-18)19(25)22-7-5-15-3-2-4-17(20)13-15/h2-4,6,8,13-14H,5,7,9-12H2,1H3,(H,22,25). The normalized spacial score (nSPS) is 15.2. The quantitative estimate of drug-likeness (QED) is 0.892. The van der Waals surface area contributed by atoms with Gasteiger partial charge in [-0.25, -0.2) is 4.98 Å². The Bertz CT molecular complexity index is 729. The molecule has 1 aromatic carbocycles. The lowest BCUT2D eigenvalue weighted by molar-refractivity contribution is 0.0954. The SMILES string of the molecule is CN1CCN(c2cc(C(=O)NCCc3cccc(Cl)c3)ccn2)CC1. The molecule has 0 saturated carbocycles. The maximum absolute atomic E-state index is 12.4. The molecule has 132 valence electrons. The molecule has 5 nitrogen and oxygen atoms in total. The zero-order valence-electron chi connectivity index (χ0n) is 14.4. The number of hydrogen-bond donors (Lipinski definition) is 1. The smallest absolute Gasteiger partial charge is 0.251 e. The zero-order chi connectivity index (χ0) is 17.6. The van der Waals surface area contributed by atoms with Crippen LogP contribution in [0.5, 0.6) is 0 Å². The Morgan fingerprint density at radius 2 is 2.00 bits per heavy atom. The summed E-state index contributed by atoms with van der Waals surface area (Å²) in [6, 6.07) is 11.3. The highest BCUT2D eigenvalue weighted by atomic mass is 35.5. The van der Waals surface area contributed by atoms with E-state index in [2.05, 4.69) is 27.1 Å². The van der Waals surface area contributed by atoms with E-state index < -0.39 is 0 Å². The highest BCUT2D eigenvalue weighted by Gasteiger charge is 2.16. The van der Waals surface area contributed by atoms with Gasteiger partial charge in [0.05, 0.1) is 0 Å². The summed E-state index contributed by atoms with van der Waals surface area (Å²) in [6.07, 6.45) is 2.46. The van der Waals surface area contributed by atoms with Crippen molar-refractivity contribution in [1.82, 2.24) is 15.2 Å². The highest BCUT2D eigenvalue weighted by Crippen LogP contribution is 2.15. The first-order valence-corrected chi connectivity index (χ1v) is 8.92. The van der Waals surface area contributed by atoms with Gasteiger partial charge < -0.3 is 15.1 Å². The van der Waals surface area contributed by atoms with Gasteiger partial charge in [-0.2, -0.15) is 0 Å². The van der Waals surface area contributed by atoms with Crippen LogP contribution >= 0.6 is 11.6 Å². The van der Waals surface area contributed by atoms with Gasteiger partial charge >= 0.3 is 0 Å². The van der Waals surface area contributed by atoms with Crippen molar-refractivity contribution in [3.8, 4) is 0 Å². The number of benzene rings is 1. The average molecular weight is 359 g/mol. The zero-order valence-corrected chi connectivity index (χ0v) is 15.2. The van der Waals surface area contributed by atoms with Crippen molar-refractivity contribution in [3.63, 3.8) is 0 Å². The second-order valence-corrected chi connectivity index (χ2v) is 6.77. The van der Waals surface area contributed by atoms with E-state index in [1.807, 2.05) is 30.3 Å². The third-order valence-electron chi connectivity index (χ3n) is 4.42. The predicted molar refractivity (Wildman–Crippen MR) is 101 cm³/mol. The number of carbonyl (C=O) groups excluding carboxylic acids is 1. The Morgan fingerprint density at radius 3 is 2.76 bits per heavy atom. The van der Waals surface area contributed by atoms with Crippen LogP contribution in [0.3, 0.4) is 0 Å². The number of nitrogens with zero attached hydrogens (tertiary/aromatic N) is 3. The van der Waals surface area contributed by atoms with E-state index in [4.69, 9.17) is 11.6 Å². The molecule has 0 bridgehead atoms. The van der Waals surface area contributed by atoms with Crippen LogP contribution in [0.25, 0.3) is 0 Å². The largest absolute Gasteiger partial charge is 0.354 e. The minimum atomic E-state index is -0.0696. The molecule has 0 atom stereocenters. The molecule has 0 unspecified atom stereocenters. The second-order valence-electron chi connectivity index (χ2n) is 6.33. The number of carbonyl (C=O) groups is 1. The van der Waals surface area contributed by atoms with Gasteiger partial charge in [-0.1, -0.05) is 23.7 Å². The molecule has 6 heteroatoms. The van der Waals surface area contributed by atoms with Crippen molar-refractivity contribution in [2.75, 3.05) is 44.7 Å². The van der Waals surface area contributed by atoms with Gasteiger partial charge in [0.1, 0.15) is 5.82 Å². The molecular weight excluding hydrogens is 336 g/mol. The van der Waals surface area contributed by atoms with E-state index in [0.717, 1.165) is 49.0 Å². The van der Waals surface area contributed by atoms with E-state index in [-0.39, 0.29) is 5.91 Å². The van der Waals surface area contributed by atoms with Crippen LogP contribution in [0.2, 0.25) is 5.02 Å². The van der Waals surface area contributed by atoms with Crippen LogP contribution in [0.1, 0.15) is 15.9 Å².